The minimum atomic E-state index is -1.89. The quantitative estimate of drug-likeness (QED) is 0.447. The summed E-state index contributed by atoms with van der Waals surface area (Å²) < 4.78 is 14.6. The molecule has 0 amide bonds. The highest BCUT2D eigenvalue weighted by molar-refractivity contribution is 6.73. The number of hydrogen-bond acceptors (Lipinski definition) is 4. The van der Waals surface area contributed by atoms with Gasteiger partial charge in [0.1, 0.15) is 8.24 Å². The topological polar surface area (TPSA) is 24.9 Å². The fourth-order valence-electron chi connectivity index (χ4n) is 3.22. The van der Waals surface area contributed by atoms with Gasteiger partial charge in [-0.1, -0.05) is 26.1 Å². The number of rotatable bonds is 10. The Bertz CT molecular complexity index is 297. The molecule has 1 heterocycles. The zero-order valence-electron chi connectivity index (χ0n) is 15.8. The van der Waals surface area contributed by atoms with Gasteiger partial charge in [-0.05, 0) is 39.4 Å². The van der Waals surface area contributed by atoms with Crippen LogP contribution in [-0.4, -0.2) is 72.2 Å². The standard InChI is InChI=1S/C16H38N2O2Si2/c1-7-19-22(6,20-8-2)16-10-9-11-17-12-14-18(15-13-17)21(3,4)5/h7-16H2,1-6H3. The van der Waals surface area contributed by atoms with Crippen LogP contribution in [0.1, 0.15) is 26.7 Å². The Morgan fingerprint density at radius 3 is 1.82 bits per heavy atom. The Morgan fingerprint density at radius 2 is 1.36 bits per heavy atom. The van der Waals surface area contributed by atoms with Gasteiger partial charge in [-0.3, -0.25) is 0 Å². The molecule has 0 atom stereocenters. The van der Waals surface area contributed by atoms with Crippen LogP contribution in [0.2, 0.25) is 32.2 Å². The summed E-state index contributed by atoms with van der Waals surface area (Å²) in [6, 6.07) is 1.13. The van der Waals surface area contributed by atoms with Crippen LogP contribution in [0.15, 0.2) is 0 Å². The van der Waals surface area contributed by atoms with Crippen molar-refractivity contribution in [2.24, 2.45) is 0 Å². The second-order valence-electron chi connectivity index (χ2n) is 7.46. The summed E-state index contributed by atoms with van der Waals surface area (Å²) in [5, 5.41) is 0. The van der Waals surface area contributed by atoms with Crippen molar-refractivity contribution in [1.82, 2.24) is 9.47 Å². The fourth-order valence-corrected chi connectivity index (χ4v) is 7.25. The van der Waals surface area contributed by atoms with E-state index in [0.29, 0.717) is 0 Å². The molecule has 1 aliphatic rings. The van der Waals surface area contributed by atoms with Gasteiger partial charge in [0.2, 0.25) is 0 Å². The molecule has 0 aromatic carbocycles. The molecule has 0 aromatic heterocycles. The van der Waals surface area contributed by atoms with Crippen LogP contribution in [0.4, 0.5) is 0 Å². The van der Waals surface area contributed by atoms with Crippen molar-refractivity contribution in [2.75, 3.05) is 45.9 Å². The van der Waals surface area contributed by atoms with E-state index < -0.39 is 16.8 Å². The van der Waals surface area contributed by atoms with Crippen LogP contribution < -0.4 is 0 Å². The van der Waals surface area contributed by atoms with Gasteiger partial charge in [0.05, 0.1) is 0 Å². The van der Waals surface area contributed by atoms with Crippen molar-refractivity contribution >= 4 is 16.8 Å². The monoisotopic (exact) mass is 346 g/mol. The minimum absolute atomic E-state index is 0.779. The first-order valence-electron chi connectivity index (χ1n) is 9.06. The van der Waals surface area contributed by atoms with Crippen molar-refractivity contribution in [3.05, 3.63) is 0 Å². The van der Waals surface area contributed by atoms with E-state index in [-0.39, 0.29) is 0 Å². The maximum absolute atomic E-state index is 5.91. The predicted molar refractivity (Wildman–Crippen MR) is 100 cm³/mol. The van der Waals surface area contributed by atoms with Crippen molar-refractivity contribution in [2.45, 2.75) is 58.9 Å². The number of nitrogens with zero attached hydrogens (tertiary/aromatic N) is 2. The highest BCUT2D eigenvalue weighted by atomic mass is 28.4. The third-order valence-electron chi connectivity index (χ3n) is 4.58. The van der Waals surface area contributed by atoms with Gasteiger partial charge < -0.3 is 18.3 Å². The maximum Gasteiger partial charge on any atom is 0.334 e. The van der Waals surface area contributed by atoms with Gasteiger partial charge in [-0.25, -0.2) is 0 Å². The third kappa shape index (κ3) is 7.23. The normalized spacial score (nSPS) is 18.8. The molecule has 0 radical (unpaired) electrons. The van der Waals surface area contributed by atoms with E-state index in [1.807, 2.05) is 0 Å². The molecule has 0 aliphatic carbocycles. The molecule has 1 rings (SSSR count). The Labute approximate surface area is 140 Å². The fraction of sp³-hybridized carbons (Fsp3) is 1.00. The van der Waals surface area contributed by atoms with Crippen molar-refractivity contribution in [3.8, 4) is 0 Å². The molecule has 1 saturated heterocycles. The molecule has 132 valence electrons. The van der Waals surface area contributed by atoms with Crippen LogP contribution in [0.3, 0.4) is 0 Å². The van der Waals surface area contributed by atoms with Crippen molar-refractivity contribution in [1.29, 1.82) is 0 Å². The second-order valence-corrected chi connectivity index (χ2v) is 15.8. The maximum atomic E-state index is 5.91. The Hall–Kier alpha value is 0.274. The molecule has 0 bridgehead atoms. The van der Waals surface area contributed by atoms with Crippen LogP contribution in [-0.2, 0) is 8.85 Å². The molecule has 1 aliphatic heterocycles. The Kier molecular flexibility index (Phi) is 8.81. The highest BCUT2D eigenvalue weighted by Gasteiger charge is 2.30. The molecule has 1 fully saturated rings. The lowest BCUT2D eigenvalue weighted by atomic mass is 10.3. The van der Waals surface area contributed by atoms with E-state index in [1.54, 1.807) is 0 Å². The molecule has 6 heteroatoms. The summed E-state index contributed by atoms with van der Waals surface area (Å²) in [4.78, 5) is 2.64. The molecule has 0 aromatic rings. The molecule has 0 saturated carbocycles. The molecule has 0 N–H and O–H groups in total. The van der Waals surface area contributed by atoms with Crippen LogP contribution in [0, 0.1) is 0 Å². The number of piperazine rings is 1. The molecule has 4 nitrogen and oxygen atoms in total. The summed E-state index contributed by atoms with van der Waals surface area (Å²) in [6.45, 7) is 21.5. The van der Waals surface area contributed by atoms with Gasteiger partial charge in [-0.15, -0.1) is 0 Å². The summed E-state index contributed by atoms with van der Waals surface area (Å²) in [5.74, 6) is 0. The zero-order valence-corrected chi connectivity index (χ0v) is 17.8. The van der Waals surface area contributed by atoms with Crippen LogP contribution in [0.25, 0.3) is 0 Å². The molecule has 0 spiro atoms. The predicted octanol–water partition coefficient (Wildman–Crippen LogP) is 3.36. The van der Waals surface area contributed by atoms with Gasteiger partial charge >= 0.3 is 8.56 Å². The smallest absolute Gasteiger partial charge is 0.334 e. The zero-order chi connectivity index (χ0) is 16.6. The Balaban J connectivity index is 2.20. The van der Waals surface area contributed by atoms with E-state index in [0.717, 1.165) is 19.3 Å². The van der Waals surface area contributed by atoms with Crippen LogP contribution in [0.5, 0.6) is 0 Å². The summed E-state index contributed by atoms with van der Waals surface area (Å²) >= 11 is 0. The first kappa shape index (κ1) is 20.3. The molecular weight excluding hydrogens is 308 g/mol. The van der Waals surface area contributed by atoms with E-state index >= 15 is 0 Å². The minimum Gasteiger partial charge on any atom is -0.395 e. The summed E-state index contributed by atoms with van der Waals surface area (Å²) in [7, 11) is -2.98. The largest absolute Gasteiger partial charge is 0.395 e. The lowest BCUT2D eigenvalue weighted by Crippen LogP contribution is -2.56. The van der Waals surface area contributed by atoms with E-state index in [2.05, 4.69) is 49.5 Å². The molecular formula is C16H38N2O2Si2. The lowest BCUT2D eigenvalue weighted by molar-refractivity contribution is 0.176. The van der Waals surface area contributed by atoms with Crippen LogP contribution >= 0.6 is 0 Å². The van der Waals surface area contributed by atoms with E-state index in [1.165, 1.54) is 45.6 Å². The number of hydrogen-bond donors (Lipinski definition) is 0. The van der Waals surface area contributed by atoms with Crippen molar-refractivity contribution in [3.63, 3.8) is 0 Å². The molecule has 22 heavy (non-hydrogen) atoms. The van der Waals surface area contributed by atoms with Gasteiger partial charge in [0.15, 0.2) is 0 Å². The highest BCUT2D eigenvalue weighted by Crippen LogP contribution is 2.18. The number of unbranched alkanes of at least 4 members (excludes halogenated alkanes) is 1. The summed E-state index contributed by atoms with van der Waals surface area (Å²) in [6.07, 6.45) is 2.51. The molecule has 0 unspecified atom stereocenters. The lowest BCUT2D eigenvalue weighted by Gasteiger charge is -2.41. The average molecular weight is 347 g/mol. The van der Waals surface area contributed by atoms with E-state index in [9.17, 15) is 0 Å². The first-order chi connectivity index (χ1) is 10.3. The average Bonchev–Trinajstić information content (AvgIpc) is 2.44. The Morgan fingerprint density at radius 1 is 0.818 bits per heavy atom. The van der Waals surface area contributed by atoms with E-state index in [4.69, 9.17) is 8.85 Å². The third-order valence-corrected chi connectivity index (χ3v) is 9.98. The van der Waals surface area contributed by atoms with Gasteiger partial charge in [0.25, 0.3) is 0 Å². The van der Waals surface area contributed by atoms with Gasteiger partial charge in [0, 0.05) is 39.4 Å². The second kappa shape index (κ2) is 9.54. The summed E-state index contributed by atoms with van der Waals surface area (Å²) in [5.41, 5.74) is 0. The van der Waals surface area contributed by atoms with Gasteiger partial charge in [-0.2, -0.15) is 0 Å². The SMILES string of the molecule is CCO[Si](C)(CCCCN1CCN([Si](C)(C)C)CC1)OCC. The first-order valence-corrected chi connectivity index (χ1v) is 15.0. The van der Waals surface area contributed by atoms with Crippen molar-refractivity contribution < 1.29 is 8.85 Å².